The first-order valence-electron chi connectivity index (χ1n) is 6.78. The van der Waals surface area contributed by atoms with Crippen LogP contribution in [0.25, 0.3) is 11.0 Å². The number of hydrogen-bond donors (Lipinski definition) is 0. The van der Waals surface area contributed by atoms with E-state index in [1.54, 1.807) is 6.07 Å². The topological polar surface area (TPSA) is 30.3 Å². The second kappa shape index (κ2) is 6.20. The fraction of sp³-hybridized carbons (Fsp3) is 0.500. The largest absolute Gasteiger partial charge is 0.374 e. The van der Waals surface area contributed by atoms with E-state index in [9.17, 15) is 4.39 Å². The summed E-state index contributed by atoms with van der Waals surface area (Å²) in [6, 6.07) is 3.18. The predicted molar refractivity (Wildman–Crippen MR) is 84.2 cm³/mol. The van der Waals surface area contributed by atoms with Crippen molar-refractivity contribution < 1.29 is 9.13 Å². The fourth-order valence-electron chi connectivity index (χ4n) is 2.66. The average molecular weight is 377 g/mol. The van der Waals surface area contributed by atoms with Crippen molar-refractivity contribution in [1.82, 2.24) is 14.5 Å². The average Bonchev–Trinajstić information content (AvgIpc) is 2.77. The number of aromatic nitrogens is 2. The van der Waals surface area contributed by atoms with Gasteiger partial charge in [-0.05, 0) is 29.0 Å². The number of alkyl halides is 1. The SMILES string of the molecule is CN1CCOC(Cn2c(CCl)nc3cc(F)c(Br)cc32)C1. The van der Waals surface area contributed by atoms with Crippen molar-refractivity contribution in [2.75, 3.05) is 26.7 Å². The third-order valence-corrected chi connectivity index (χ3v) is 4.56. The molecule has 1 aliphatic rings. The van der Waals surface area contributed by atoms with E-state index in [2.05, 4.69) is 32.9 Å². The van der Waals surface area contributed by atoms with E-state index in [-0.39, 0.29) is 17.8 Å². The van der Waals surface area contributed by atoms with Crippen LogP contribution in [0.3, 0.4) is 0 Å². The zero-order valence-corrected chi connectivity index (χ0v) is 14.0. The Morgan fingerprint density at radius 3 is 3.05 bits per heavy atom. The van der Waals surface area contributed by atoms with E-state index >= 15 is 0 Å². The van der Waals surface area contributed by atoms with Gasteiger partial charge in [0.15, 0.2) is 0 Å². The Bertz CT molecular complexity index is 663. The Morgan fingerprint density at radius 1 is 1.52 bits per heavy atom. The summed E-state index contributed by atoms with van der Waals surface area (Å²) >= 11 is 9.22. The first kappa shape index (κ1) is 15.2. The molecule has 0 bridgehead atoms. The van der Waals surface area contributed by atoms with E-state index in [1.165, 1.54) is 6.07 Å². The van der Waals surface area contributed by atoms with Gasteiger partial charge < -0.3 is 14.2 Å². The lowest BCUT2D eigenvalue weighted by atomic mass is 10.2. The molecule has 0 radical (unpaired) electrons. The van der Waals surface area contributed by atoms with E-state index in [1.807, 2.05) is 4.57 Å². The van der Waals surface area contributed by atoms with Crippen LogP contribution in [0.15, 0.2) is 16.6 Å². The van der Waals surface area contributed by atoms with E-state index in [4.69, 9.17) is 16.3 Å². The van der Waals surface area contributed by atoms with Gasteiger partial charge in [-0.2, -0.15) is 0 Å². The van der Waals surface area contributed by atoms with Crippen LogP contribution in [0.2, 0.25) is 0 Å². The molecule has 114 valence electrons. The van der Waals surface area contributed by atoms with Gasteiger partial charge in [0, 0.05) is 19.2 Å². The highest BCUT2D eigenvalue weighted by molar-refractivity contribution is 9.10. The molecule has 3 rings (SSSR count). The summed E-state index contributed by atoms with van der Waals surface area (Å²) in [5, 5.41) is 0. The summed E-state index contributed by atoms with van der Waals surface area (Å²) in [5.41, 5.74) is 1.49. The number of benzene rings is 1. The van der Waals surface area contributed by atoms with Crippen LogP contribution in [0.5, 0.6) is 0 Å². The number of imidazole rings is 1. The third-order valence-electron chi connectivity index (χ3n) is 3.72. The molecular weight excluding hydrogens is 361 g/mol. The van der Waals surface area contributed by atoms with Crippen LogP contribution in [-0.2, 0) is 17.2 Å². The van der Waals surface area contributed by atoms with Gasteiger partial charge in [0.2, 0.25) is 0 Å². The zero-order chi connectivity index (χ0) is 15.0. The van der Waals surface area contributed by atoms with Gasteiger partial charge in [0.25, 0.3) is 0 Å². The lowest BCUT2D eigenvalue weighted by Gasteiger charge is -2.30. The highest BCUT2D eigenvalue weighted by Gasteiger charge is 2.21. The highest BCUT2D eigenvalue weighted by atomic mass is 79.9. The molecule has 1 atom stereocenters. The second-order valence-corrected chi connectivity index (χ2v) is 6.40. The molecule has 1 aliphatic heterocycles. The highest BCUT2D eigenvalue weighted by Crippen LogP contribution is 2.25. The Hall–Kier alpha value is -0.690. The Labute approximate surface area is 136 Å². The first-order valence-corrected chi connectivity index (χ1v) is 8.11. The van der Waals surface area contributed by atoms with Crippen LogP contribution < -0.4 is 0 Å². The quantitative estimate of drug-likeness (QED) is 0.772. The monoisotopic (exact) mass is 375 g/mol. The number of rotatable bonds is 3. The number of hydrogen-bond acceptors (Lipinski definition) is 3. The third kappa shape index (κ3) is 3.08. The summed E-state index contributed by atoms with van der Waals surface area (Å²) < 4.78 is 21.9. The molecule has 0 saturated carbocycles. The van der Waals surface area contributed by atoms with Gasteiger partial charge in [-0.3, -0.25) is 0 Å². The minimum Gasteiger partial charge on any atom is -0.374 e. The molecule has 21 heavy (non-hydrogen) atoms. The van der Waals surface area contributed by atoms with Gasteiger partial charge in [-0.1, -0.05) is 0 Å². The van der Waals surface area contributed by atoms with Gasteiger partial charge in [0.05, 0.1) is 40.6 Å². The van der Waals surface area contributed by atoms with Crippen LogP contribution in [-0.4, -0.2) is 47.3 Å². The molecule has 0 N–H and O–H groups in total. The van der Waals surface area contributed by atoms with Crippen molar-refractivity contribution in [3.8, 4) is 0 Å². The Kier molecular flexibility index (Phi) is 4.49. The van der Waals surface area contributed by atoms with Crippen LogP contribution in [0, 0.1) is 5.82 Å². The molecule has 2 aromatic rings. The van der Waals surface area contributed by atoms with E-state index in [0.717, 1.165) is 31.0 Å². The molecule has 1 unspecified atom stereocenters. The molecule has 1 fully saturated rings. The number of halogens is 3. The molecular formula is C14H16BrClFN3O. The molecule has 0 amide bonds. The van der Waals surface area contributed by atoms with Crippen molar-refractivity contribution in [3.63, 3.8) is 0 Å². The number of likely N-dealkylation sites (N-methyl/N-ethyl adjacent to an activating group) is 1. The van der Waals surface area contributed by atoms with Crippen molar-refractivity contribution in [3.05, 3.63) is 28.2 Å². The predicted octanol–water partition coefficient (Wildman–Crippen LogP) is 3.01. The lowest BCUT2D eigenvalue weighted by molar-refractivity contribution is -0.0272. The summed E-state index contributed by atoms with van der Waals surface area (Å²) in [6.07, 6.45) is 0.0898. The smallest absolute Gasteiger partial charge is 0.139 e. The van der Waals surface area contributed by atoms with Crippen molar-refractivity contribution in [1.29, 1.82) is 0 Å². The lowest BCUT2D eigenvalue weighted by Crippen LogP contribution is -2.42. The van der Waals surface area contributed by atoms with Gasteiger partial charge in [-0.25, -0.2) is 9.37 Å². The van der Waals surface area contributed by atoms with Crippen molar-refractivity contribution in [2.24, 2.45) is 0 Å². The van der Waals surface area contributed by atoms with Crippen molar-refractivity contribution in [2.45, 2.75) is 18.5 Å². The summed E-state index contributed by atoms with van der Waals surface area (Å²) in [6.45, 7) is 3.20. The van der Waals surface area contributed by atoms with E-state index in [0.29, 0.717) is 16.5 Å². The minimum absolute atomic E-state index is 0.0898. The Morgan fingerprint density at radius 2 is 2.33 bits per heavy atom. The van der Waals surface area contributed by atoms with Gasteiger partial charge in [0.1, 0.15) is 11.6 Å². The molecule has 1 saturated heterocycles. The molecule has 2 heterocycles. The van der Waals surface area contributed by atoms with E-state index < -0.39 is 0 Å². The van der Waals surface area contributed by atoms with Crippen molar-refractivity contribution >= 4 is 38.6 Å². The van der Waals surface area contributed by atoms with Gasteiger partial charge >= 0.3 is 0 Å². The standard InChI is InChI=1S/C14H16BrClFN3O/c1-19-2-3-21-9(7-19)8-20-13-4-10(15)11(17)5-12(13)18-14(20)6-16/h4-5,9H,2-3,6-8H2,1H3. The summed E-state index contributed by atoms with van der Waals surface area (Å²) in [4.78, 5) is 6.66. The number of ether oxygens (including phenoxy) is 1. The maximum absolute atomic E-state index is 13.6. The molecule has 7 heteroatoms. The maximum Gasteiger partial charge on any atom is 0.139 e. The van der Waals surface area contributed by atoms with Gasteiger partial charge in [-0.15, -0.1) is 11.6 Å². The summed E-state index contributed by atoms with van der Waals surface area (Å²) in [5.74, 6) is 0.708. The maximum atomic E-state index is 13.6. The molecule has 0 spiro atoms. The summed E-state index contributed by atoms with van der Waals surface area (Å²) in [7, 11) is 2.08. The van der Waals surface area contributed by atoms with Crippen LogP contribution in [0.1, 0.15) is 5.82 Å². The molecule has 1 aromatic carbocycles. The first-order chi connectivity index (χ1) is 10.1. The zero-order valence-electron chi connectivity index (χ0n) is 11.7. The number of morpholine rings is 1. The minimum atomic E-state index is -0.318. The second-order valence-electron chi connectivity index (χ2n) is 5.28. The molecule has 0 aliphatic carbocycles. The van der Waals surface area contributed by atoms with Crippen LogP contribution >= 0.6 is 27.5 Å². The fourth-order valence-corrected chi connectivity index (χ4v) is 3.19. The number of nitrogens with zero attached hydrogens (tertiary/aromatic N) is 3. The molecule has 4 nitrogen and oxygen atoms in total. The molecule has 1 aromatic heterocycles. The van der Waals surface area contributed by atoms with Crippen LogP contribution in [0.4, 0.5) is 4.39 Å². The normalized spacial score (nSPS) is 20.3. The number of fused-ring (bicyclic) bond motifs is 1. The Balaban J connectivity index is 1.97.